The van der Waals surface area contributed by atoms with Crippen LogP contribution in [0.2, 0.25) is 0 Å². The molecule has 4 aliphatic rings. The van der Waals surface area contributed by atoms with E-state index in [0.717, 1.165) is 54.3 Å². The quantitative estimate of drug-likeness (QED) is 0.465. The largest absolute Gasteiger partial charge is 0.416 e. The van der Waals surface area contributed by atoms with E-state index >= 15 is 4.39 Å². The average Bonchev–Trinajstić information content (AvgIpc) is 3.10. The zero-order valence-corrected chi connectivity index (χ0v) is 20.6. The summed E-state index contributed by atoms with van der Waals surface area (Å²) in [7, 11) is 0. The van der Waals surface area contributed by atoms with Crippen molar-refractivity contribution in [2.45, 2.75) is 88.7 Å². The van der Waals surface area contributed by atoms with Crippen molar-refractivity contribution >= 4 is 0 Å². The average molecular weight is 506 g/mol. The summed E-state index contributed by atoms with van der Waals surface area (Å²) in [6.07, 6.45) is -0.389. The maximum absolute atomic E-state index is 15.3. The fraction of sp³-hybridized carbons (Fsp3) is 0.607. The summed E-state index contributed by atoms with van der Waals surface area (Å²) < 4.78 is 67.4. The molecule has 4 nitrogen and oxygen atoms in total. The zero-order chi connectivity index (χ0) is 25.5. The number of hydrogen-bond acceptors (Lipinski definition) is 4. The van der Waals surface area contributed by atoms with Crippen molar-refractivity contribution in [1.82, 2.24) is 4.98 Å². The smallest absolute Gasteiger partial charge is 0.388 e. The number of halogens is 4. The normalized spacial score (nSPS) is 26.2. The Labute approximate surface area is 208 Å². The van der Waals surface area contributed by atoms with Crippen LogP contribution in [-0.4, -0.2) is 23.3 Å². The van der Waals surface area contributed by atoms with E-state index in [9.17, 15) is 18.3 Å². The Bertz CT molecular complexity index is 1200. The van der Waals surface area contributed by atoms with Crippen LogP contribution in [0, 0.1) is 11.2 Å². The van der Waals surface area contributed by atoms with Crippen LogP contribution < -0.4 is 0 Å². The van der Waals surface area contributed by atoms with Crippen molar-refractivity contribution in [1.29, 1.82) is 0 Å². The van der Waals surface area contributed by atoms with Crippen molar-refractivity contribution in [2.24, 2.45) is 5.41 Å². The minimum absolute atomic E-state index is 0.0148. The van der Waals surface area contributed by atoms with Gasteiger partial charge in [0, 0.05) is 54.1 Å². The molecule has 1 saturated heterocycles. The first kappa shape index (κ1) is 24.3. The van der Waals surface area contributed by atoms with E-state index in [1.165, 1.54) is 6.07 Å². The summed E-state index contributed by atoms with van der Waals surface area (Å²) in [4.78, 5) is 5.08. The van der Waals surface area contributed by atoms with Crippen LogP contribution in [0.1, 0.15) is 110 Å². The summed E-state index contributed by atoms with van der Waals surface area (Å²) in [6.45, 7) is 4.94. The van der Waals surface area contributed by atoms with Gasteiger partial charge in [-0.3, -0.25) is 4.98 Å². The Morgan fingerprint density at radius 3 is 2.39 bits per heavy atom. The van der Waals surface area contributed by atoms with Gasteiger partial charge in [-0.15, -0.1) is 0 Å². The van der Waals surface area contributed by atoms with Crippen molar-refractivity contribution < 1.29 is 32.1 Å². The predicted octanol–water partition coefficient (Wildman–Crippen LogP) is 6.64. The lowest BCUT2D eigenvalue weighted by Gasteiger charge is -2.48. The van der Waals surface area contributed by atoms with E-state index in [2.05, 4.69) is 0 Å². The number of rotatable bonds is 2. The topological polar surface area (TPSA) is 51.6 Å². The highest BCUT2D eigenvalue weighted by Gasteiger charge is 2.54. The molecular weight excluding hydrogens is 474 g/mol. The molecule has 2 fully saturated rings. The molecule has 3 heterocycles. The summed E-state index contributed by atoms with van der Waals surface area (Å²) >= 11 is 0. The third-order valence-corrected chi connectivity index (χ3v) is 8.82. The number of pyridine rings is 1. The SMILES string of the molecule is CC(C)c1nc2c(c3c1[C@@H](c1ccc(C(F)(F)F)cc1F)OC31CCOCC1)[C@@H](O)CC1(CCC1)C2. The van der Waals surface area contributed by atoms with Gasteiger partial charge in [-0.05, 0) is 54.7 Å². The van der Waals surface area contributed by atoms with Gasteiger partial charge in [0.1, 0.15) is 11.9 Å². The van der Waals surface area contributed by atoms with Gasteiger partial charge in [0.05, 0.1) is 17.3 Å². The van der Waals surface area contributed by atoms with Crippen LogP contribution in [0.5, 0.6) is 0 Å². The predicted molar refractivity (Wildman–Crippen MR) is 124 cm³/mol. The Kier molecular flexibility index (Phi) is 5.56. The summed E-state index contributed by atoms with van der Waals surface area (Å²) in [6, 6.07) is 2.64. The summed E-state index contributed by atoms with van der Waals surface area (Å²) in [5.74, 6) is -0.967. The minimum Gasteiger partial charge on any atom is -0.388 e. The number of aliphatic hydroxyl groups is 1. The van der Waals surface area contributed by atoms with Crippen molar-refractivity contribution in [3.8, 4) is 0 Å². The number of nitrogens with zero attached hydrogens (tertiary/aromatic N) is 1. The molecule has 0 amide bonds. The second kappa shape index (κ2) is 8.23. The molecule has 1 aromatic carbocycles. The molecule has 8 heteroatoms. The maximum Gasteiger partial charge on any atom is 0.416 e. The molecule has 2 aromatic rings. The van der Waals surface area contributed by atoms with E-state index in [4.69, 9.17) is 14.5 Å². The first-order chi connectivity index (χ1) is 17.0. The Hall–Kier alpha value is -2.03. The van der Waals surface area contributed by atoms with Gasteiger partial charge in [0.2, 0.25) is 0 Å². The molecule has 2 aliphatic carbocycles. The summed E-state index contributed by atoms with van der Waals surface area (Å²) in [5, 5.41) is 11.5. The van der Waals surface area contributed by atoms with E-state index in [0.29, 0.717) is 44.1 Å². The molecule has 0 radical (unpaired) electrons. The molecule has 2 spiro atoms. The van der Waals surface area contributed by atoms with E-state index < -0.39 is 35.4 Å². The van der Waals surface area contributed by atoms with E-state index in [1.54, 1.807) is 0 Å². The standard InChI is InChI=1S/C28H31F4NO3/c1-15(2)24-22-23(21-19(33-24)13-26(6-3-7-26)14-20(21)34)27(8-10-35-11-9-27)36-25(22)17-5-4-16(12-18(17)29)28(30,31)32/h4-5,12,15,20,25,34H,3,6-11,13-14H2,1-2H3/t20-,25+/m0/s1. The third-order valence-electron chi connectivity index (χ3n) is 8.82. The molecular formula is C28H31F4NO3. The number of ether oxygens (including phenoxy) is 2. The van der Waals surface area contributed by atoms with E-state index in [1.807, 2.05) is 13.8 Å². The molecule has 6 rings (SSSR count). The van der Waals surface area contributed by atoms with Gasteiger partial charge >= 0.3 is 6.18 Å². The van der Waals surface area contributed by atoms with Crippen molar-refractivity contribution in [3.63, 3.8) is 0 Å². The first-order valence-electron chi connectivity index (χ1n) is 12.9. The lowest BCUT2D eigenvalue weighted by atomic mass is 9.58. The number of alkyl halides is 3. The molecule has 0 bridgehead atoms. The van der Waals surface area contributed by atoms with Gasteiger partial charge in [0.25, 0.3) is 0 Å². The molecule has 36 heavy (non-hydrogen) atoms. The number of aromatic nitrogens is 1. The van der Waals surface area contributed by atoms with Crippen LogP contribution in [-0.2, 0) is 27.7 Å². The van der Waals surface area contributed by atoms with Gasteiger partial charge < -0.3 is 14.6 Å². The summed E-state index contributed by atoms with van der Waals surface area (Å²) in [5.41, 5.74) is 2.40. The molecule has 1 saturated carbocycles. The van der Waals surface area contributed by atoms with Crippen LogP contribution in [0.25, 0.3) is 0 Å². The lowest BCUT2D eigenvalue weighted by molar-refractivity contribution is -0.138. The highest BCUT2D eigenvalue weighted by atomic mass is 19.4. The van der Waals surface area contributed by atoms with E-state index in [-0.39, 0.29) is 16.9 Å². The lowest BCUT2D eigenvalue weighted by Crippen LogP contribution is -2.40. The van der Waals surface area contributed by atoms with Crippen LogP contribution in [0.3, 0.4) is 0 Å². The highest BCUT2D eigenvalue weighted by Crippen LogP contribution is 2.60. The second-order valence-electron chi connectivity index (χ2n) is 11.4. The fourth-order valence-corrected chi connectivity index (χ4v) is 6.92. The molecule has 1 N–H and O–H groups in total. The molecule has 0 unspecified atom stereocenters. The number of fused-ring (bicyclic) bond motifs is 4. The van der Waals surface area contributed by atoms with Crippen LogP contribution in [0.15, 0.2) is 18.2 Å². The maximum atomic E-state index is 15.3. The fourth-order valence-electron chi connectivity index (χ4n) is 6.92. The zero-order valence-electron chi connectivity index (χ0n) is 20.6. The number of hydrogen-bond donors (Lipinski definition) is 1. The van der Waals surface area contributed by atoms with Crippen molar-refractivity contribution in [2.75, 3.05) is 13.2 Å². The number of aliphatic hydroxyl groups excluding tert-OH is 1. The second-order valence-corrected chi connectivity index (χ2v) is 11.4. The molecule has 2 atom stereocenters. The van der Waals surface area contributed by atoms with Gasteiger partial charge in [0.15, 0.2) is 0 Å². The molecule has 194 valence electrons. The molecule has 1 aromatic heterocycles. The van der Waals surface area contributed by atoms with Crippen molar-refractivity contribution in [3.05, 3.63) is 63.2 Å². The van der Waals surface area contributed by atoms with Crippen LogP contribution >= 0.6 is 0 Å². The Morgan fingerprint density at radius 2 is 1.81 bits per heavy atom. The van der Waals surface area contributed by atoms with Gasteiger partial charge in [-0.1, -0.05) is 26.3 Å². The minimum atomic E-state index is -4.64. The monoisotopic (exact) mass is 505 g/mol. The first-order valence-corrected chi connectivity index (χ1v) is 12.9. The highest BCUT2D eigenvalue weighted by molar-refractivity contribution is 5.54. The Balaban J connectivity index is 1.57. The molecule has 2 aliphatic heterocycles. The number of benzene rings is 1. The van der Waals surface area contributed by atoms with Crippen LogP contribution in [0.4, 0.5) is 17.6 Å². The van der Waals surface area contributed by atoms with Gasteiger partial charge in [-0.2, -0.15) is 13.2 Å². The van der Waals surface area contributed by atoms with Gasteiger partial charge in [-0.25, -0.2) is 4.39 Å². The third kappa shape index (κ3) is 3.63. The Morgan fingerprint density at radius 1 is 1.08 bits per heavy atom.